The first-order valence-corrected chi connectivity index (χ1v) is 17.6. The highest BCUT2D eigenvalue weighted by molar-refractivity contribution is 9.10. The first-order chi connectivity index (χ1) is 24.2. The van der Waals surface area contributed by atoms with E-state index >= 15 is 0 Å². The average Bonchev–Trinajstić information content (AvgIpc) is 3.66. The lowest BCUT2D eigenvalue weighted by atomic mass is 9.67. The summed E-state index contributed by atoms with van der Waals surface area (Å²) in [5.74, 6) is 0. The molecule has 0 N–H and O–H groups in total. The molecule has 1 aliphatic rings. The van der Waals surface area contributed by atoms with E-state index in [1.165, 1.54) is 77.1 Å². The van der Waals surface area contributed by atoms with Gasteiger partial charge in [-0.1, -0.05) is 162 Å². The minimum Gasteiger partial charge on any atom is -0.309 e. The van der Waals surface area contributed by atoms with Crippen LogP contribution in [0.25, 0.3) is 60.5 Å². The molecule has 9 aromatic rings. The molecule has 10 rings (SSSR count). The summed E-state index contributed by atoms with van der Waals surface area (Å²) in [6, 6.07) is 67.0. The Bertz CT molecular complexity index is 2680. The lowest BCUT2D eigenvalue weighted by molar-refractivity contribution is 0.767. The van der Waals surface area contributed by atoms with Gasteiger partial charge < -0.3 is 4.57 Å². The van der Waals surface area contributed by atoms with Crippen LogP contribution in [-0.2, 0) is 5.41 Å². The molecule has 0 fully saturated rings. The summed E-state index contributed by atoms with van der Waals surface area (Å²) in [6.07, 6.45) is 0. The largest absolute Gasteiger partial charge is 0.309 e. The van der Waals surface area contributed by atoms with Crippen molar-refractivity contribution in [1.29, 1.82) is 0 Å². The number of halogens is 1. The second kappa shape index (κ2) is 10.9. The maximum atomic E-state index is 3.74. The molecule has 0 atom stereocenters. The average molecular weight is 689 g/mol. The van der Waals surface area contributed by atoms with Crippen LogP contribution in [-0.4, -0.2) is 4.57 Å². The quantitative estimate of drug-likeness (QED) is 0.173. The molecule has 8 aromatic carbocycles. The Morgan fingerprint density at radius 2 is 1.04 bits per heavy atom. The van der Waals surface area contributed by atoms with Gasteiger partial charge in [0.05, 0.1) is 16.4 Å². The van der Waals surface area contributed by atoms with E-state index in [0.717, 1.165) is 10.2 Å². The van der Waals surface area contributed by atoms with Gasteiger partial charge in [0.15, 0.2) is 0 Å². The van der Waals surface area contributed by atoms with Gasteiger partial charge in [-0.15, -0.1) is 0 Å². The molecule has 0 saturated heterocycles. The highest BCUT2D eigenvalue weighted by Crippen LogP contribution is 2.56. The Morgan fingerprint density at radius 1 is 0.408 bits per heavy atom. The Labute approximate surface area is 293 Å². The molecule has 0 unspecified atom stereocenters. The third-order valence-electron chi connectivity index (χ3n) is 10.5. The number of hydrogen-bond acceptors (Lipinski definition) is 0. The fourth-order valence-electron chi connectivity index (χ4n) is 8.57. The van der Waals surface area contributed by atoms with Gasteiger partial charge in [-0.05, 0) is 91.7 Å². The van der Waals surface area contributed by atoms with E-state index in [9.17, 15) is 0 Å². The van der Waals surface area contributed by atoms with Crippen molar-refractivity contribution in [3.05, 3.63) is 209 Å². The molecule has 0 saturated carbocycles. The zero-order valence-corrected chi connectivity index (χ0v) is 28.2. The molecule has 0 amide bonds. The molecular formula is C47H30BrN. The maximum Gasteiger partial charge on any atom is 0.0714 e. The Balaban J connectivity index is 1.34. The van der Waals surface area contributed by atoms with E-state index < -0.39 is 5.41 Å². The van der Waals surface area contributed by atoms with Crippen LogP contribution in [0, 0.1) is 0 Å². The SMILES string of the molecule is Brc1cccc(-c2cc3c(c4ccccc24)c2ccccc2n3-c2ccc3c(c2)C(c2ccccc2)(c2ccccc2)c2ccccc2-3)c1. The molecule has 1 heterocycles. The number of benzene rings is 8. The number of hydrogen-bond donors (Lipinski definition) is 0. The van der Waals surface area contributed by atoms with Crippen molar-refractivity contribution in [3.63, 3.8) is 0 Å². The van der Waals surface area contributed by atoms with E-state index in [0.29, 0.717) is 0 Å². The summed E-state index contributed by atoms with van der Waals surface area (Å²) in [6.45, 7) is 0. The molecule has 0 bridgehead atoms. The molecule has 0 radical (unpaired) electrons. The van der Waals surface area contributed by atoms with Crippen LogP contribution >= 0.6 is 15.9 Å². The number of nitrogens with zero attached hydrogens (tertiary/aromatic N) is 1. The summed E-state index contributed by atoms with van der Waals surface area (Å²) >= 11 is 3.74. The monoisotopic (exact) mass is 687 g/mol. The lowest BCUT2D eigenvalue weighted by Crippen LogP contribution is -2.28. The first-order valence-electron chi connectivity index (χ1n) is 16.8. The van der Waals surface area contributed by atoms with Crippen molar-refractivity contribution in [2.75, 3.05) is 0 Å². The molecule has 1 aromatic heterocycles. The van der Waals surface area contributed by atoms with Crippen LogP contribution in [0.1, 0.15) is 22.3 Å². The van der Waals surface area contributed by atoms with Crippen LogP contribution in [0.3, 0.4) is 0 Å². The Hall–Kier alpha value is -5.70. The number of aromatic nitrogens is 1. The van der Waals surface area contributed by atoms with E-state index in [1.807, 2.05) is 0 Å². The maximum absolute atomic E-state index is 3.74. The molecule has 230 valence electrons. The normalized spacial score (nSPS) is 13.2. The highest BCUT2D eigenvalue weighted by atomic mass is 79.9. The van der Waals surface area contributed by atoms with Crippen molar-refractivity contribution in [3.8, 4) is 27.9 Å². The zero-order chi connectivity index (χ0) is 32.5. The molecule has 49 heavy (non-hydrogen) atoms. The van der Waals surface area contributed by atoms with Crippen molar-refractivity contribution in [1.82, 2.24) is 4.57 Å². The molecule has 2 heteroatoms. The molecule has 1 aliphatic carbocycles. The standard InChI is InChI=1S/C47H30BrN/c48-34-19-13-14-31(28-34)41-30-45-46(39-22-8-7-20-36(39)41)40-23-10-12-25-44(40)49(45)35-26-27-38-37-21-9-11-24-42(37)47(43(38)29-35,32-15-3-1-4-16-32)33-17-5-2-6-18-33/h1-30H. The topological polar surface area (TPSA) is 4.93 Å². The van der Waals surface area contributed by atoms with Crippen LogP contribution in [0.4, 0.5) is 0 Å². The summed E-state index contributed by atoms with van der Waals surface area (Å²) < 4.78 is 3.56. The predicted molar refractivity (Wildman–Crippen MR) is 209 cm³/mol. The van der Waals surface area contributed by atoms with Crippen molar-refractivity contribution < 1.29 is 0 Å². The highest BCUT2D eigenvalue weighted by Gasteiger charge is 2.46. The van der Waals surface area contributed by atoms with Gasteiger partial charge in [-0.3, -0.25) is 0 Å². The summed E-state index contributed by atoms with van der Waals surface area (Å²) in [5, 5.41) is 5.07. The smallest absolute Gasteiger partial charge is 0.0714 e. The van der Waals surface area contributed by atoms with Gasteiger partial charge in [0.25, 0.3) is 0 Å². The van der Waals surface area contributed by atoms with E-state index in [1.54, 1.807) is 0 Å². The summed E-state index contributed by atoms with van der Waals surface area (Å²) in [4.78, 5) is 0. The van der Waals surface area contributed by atoms with Crippen LogP contribution in [0.2, 0.25) is 0 Å². The van der Waals surface area contributed by atoms with Gasteiger partial charge in [0.1, 0.15) is 0 Å². The predicted octanol–water partition coefficient (Wildman–Crippen LogP) is 12.7. The number of fused-ring (bicyclic) bond motifs is 8. The molecule has 1 nitrogen and oxygen atoms in total. The number of para-hydroxylation sites is 1. The minimum atomic E-state index is -0.461. The van der Waals surface area contributed by atoms with Crippen LogP contribution < -0.4 is 0 Å². The van der Waals surface area contributed by atoms with Crippen LogP contribution in [0.15, 0.2) is 186 Å². The van der Waals surface area contributed by atoms with E-state index in [-0.39, 0.29) is 0 Å². The molecule has 0 aliphatic heterocycles. The second-order valence-electron chi connectivity index (χ2n) is 13.0. The fourth-order valence-corrected chi connectivity index (χ4v) is 8.97. The third kappa shape index (κ3) is 4.05. The summed E-state index contributed by atoms with van der Waals surface area (Å²) in [7, 11) is 0. The summed E-state index contributed by atoms with van der Waals surface area (Å²) in [5.41, 5.74) is 13.3. The fraction of sp³-hybridized carbons (Fsp3) is 0.0213. The van der Waals surface area contributed by atoms with Crippen LogP contribution in [0.5, 0.6) is 0 Å². The number of rotatable bonds is 4. The van der Waals surface area contributed by atoms with Gasteiger partial charge in [-0.2, -0.15) is 0 Å². The Kier molecular flexibility index (Phi) is 6.31. The molecular weight excluding hydrogens is 658 g/mol. The van der Waals surface area contributed by atoms with E-state index in [2.05, 4.69) is 202 Å². The second-order valence-corrected chi connectivity index (χ2v) is 13.9. The van der Waals surface area contributed by atoms with Crippen molar-refractivity contribution in [2.24, 2.45) is 0 Å². The van der Waals surface area contributed by atoms with E-state index in [4.69, 9.17) is 0 Å². The minimum absolute atomic E-state index is 0.461. The lowest BCUT2D eigenvalue weighted by Gasteiger charge is -2.34. The van der Waals surface area contributed by atoms with Crippen molar-refractivity contribution >= 4 is 48.5 Å². The van der Waals surface area contributed by atoms with Crippen molar-refractivity contribution in [2.45, 2.75) is 5.41 Å². The van der Waals surface area contributed by atoms with Gasteiger partial charge in [-0.25, -0.2) is 0 Å². The van der Waals surface area contributed by atoms with Gasteiger partial charge in [0.2, 0.25) is 0 Å². The van der Waals surface area contributed by atoms with Gasteiger partial charge in [0, 0.05) is 20.9 Å². The Morgan fingerprint density at radius 3 is 1.80 bits per heavy atom. The molecule has 0 spiro atoms. The first kappa shape index (κ1) is 28.3. The third-order valence-corrected chi connectivity index (χ3v) is 11.0. The van der Waals surface area contributed by atoms with Gasteiger partial charge >= 0.3 is 0 Å². The zero-order valence-electron chi connectivity index (χ0n) is 26.6.